The number of rotatable bonds is 7. The van der Waals surface area contributed by atoms with E-state index in [0.29, 0.717) is 0 Å². The standard InChI is InChI=1S/C14H30N2/c1-13(10-11-15)7-6-12-16-14-8-4-2-3-5-9-14/h13-14,16H,2-12,15H2,1H3. The Morgan fingerprint density at radius 1 is 1.12 bits per heavy atom. The van der Waals surface area contributed by atoms with Crippen LogP contribution in [-0.2, 0) is 0 Å². The third-order valence-corrected chi connectivity index (χ3v) is 3.82. The molecule has 0 aromatic heterocycles. The minimum atomic E-state index is 0.806. The van der Waals surface area contributed by atoms with Crippen molar-refractivity contribution in [2.75, 3.05) is 13.1 Å². The van der Waals surface area contributed by atoms with Crippen molar-refractivity contribution in [1.82, 2.24) is 5.32 Å². The second-order valence-electron chi connectivity index (χ2n) is 5.47. The summed E-state index contributed by atoms with van der Waals surface area (Å²) in [5.41, 5.74) is 5.55. The molecule has 1 fully saturated rings. The highest BCUT2D eigenvalue weighted by atomic mass is 14.9. The molecule has 3 N–H and O–H groups in total. The van der Waals surface area contributed by atoms with Gasteiger partial charge in [-0.25, -0.2) is 0 Å². The Bertz CT molecular complexity index is 151. The summed E-state index contributed by atoms with van der Waals surface area (Å²) in [6.07, 6.45) is 12.4. The van der Waals surface area contributed by atoms with Gasteiger partial charge in [-0.1, -0.05) is 32.6 Å². The third kappa shape index (κ3) is 6.49. The highest BCUT2D eigenvalue weighted by Crippen LogP contribution is 2.17. The molecule has 0 spiro atoms. The maximum Gasteiger partial charge on any atom is 0.00670 e. The highest BCUT2D eigenvalue weighted by Gasteiger charge is 2.10. The molecule has 0 radical (unpaired) electrons. The lowest BCUT2D eigenvalue weighted by Gasteiger charge is -2.17. The zero-order valence-corrected chi connectivity index (χ0v) is 11.0. The van der Waals surface area contributed by atoms with E-state index in [0.717, 1.165) is 18.5 Å². The Kier molecular flexibility index (Phi) is 7.87. The topological polar surface area (TPSA) is 38.0 Å². The van der Waals surface area contributed by atoms with Gasteiger partial charge in [-0.15, -0.1) is 0 Å². The van der Waals surface area contributed by atoms with Crippen LogP contribution in [0.15, 0.2) is 0 Å². The average molecular weight is 226 g/mol. The quantitative estimate of drug-likeness (QED) is 0.517. The molecule has 1 unspecified atom stereocenters. The molecule has 1 saturated carbocycles. The molecule has 1 rings (SSSR count). The molecule has 1 aliphatic rings. The summed E-state index contributed by atoms with van der Waals surface area (Å²) in [6.45, 7) is 4.37. The largest absolute Gasteiger partial charge is 0.330 e. The van der Waals surface area contributed by atoms with Crippen molar-refractivity contribution in [3.63, 3.8) is 0 Å². The summed E-state index contributed by atoms with van der Waals surface area (Å²) in [5.74, 6) is 0.806. The lowest BCUT2D eigenvalue weighted by atomic mass is 10.0. The number of nitrogens with two attached hydrogens (primary N) is 1. The van der Waals surface area contributed by atoms with Crippen LogP contribution in [0.3, 0.4) is 0 Å². The van der Waals surface area contributed by atoms with E-state index in [1.807, 2.05) is 0 Å². The number of hydrogen-bond acceptors (Lipinski definition) is 2. The van der Waals surface area contributed by atoms with E-state index in [2.05, 4.69) is 12.2 Å². The molecule has 1 atom stereocenters. The molecular weight excluding hydrogens is 196 g/mol. The summed E-state index contributed by atoms with van der Waals surface area (Å²) < 4.78 is 0. The second-order valence-corrected chi connectivity index (χ2v) is 5.47. The minimum absolute atomic E-state index is 0.806. The summed E-state index contributed by atoms with van der Waals surface area (Å²) in [6, 6.07) is 0.812. The molecule has 0 aromatic rings. The van der Waals surface area contributed by atoms with Gasteiger partial charge in [-0.05, 0) is 51.1 Å². The number of hydrogen-bond donors (Lipinski definition) is 2. The molecular formula is C14H30N2. The van der Waals surface area contributed by atoms with Gasteiger partial charge in [0.15, 0.2) is 0 Å². The van der Waals surface area contributed by atoms with Crippen molar-refractivity contribution in [2.45, 2.75) is 70.8 Å². The van der Waals surface area contributed by atoms with Gasteiger partial charge < -0.3 is 11.1 Å². The van der Waals surface area contributed by atoms with E-state index in [9.17, 15) is 0 Å². The van der Waals surface area contributed by atoms with Gasteiger partial charge in [0.25, 0.3) is 0 Å². The molecule has 16 heavy (non-hydrogen) atoms. The van der Waals surface area contributed by atoms with Crippen LogP contribution in [-0.4, -0.2) is 19.1 Å². The summed E-state index contributed by atoms with van der Waals surface area (Å²) in [5, 5.41) is 3.73. The van der Waals surface area contributed by atoms with Crippen LogP contribution < -0.4 is 11.1 Å². The van der Waals surface area contributed by atoms with Crippen molar-refractivity contribution >= 4 is 0 Å². The molecule has 2 heteroatoms. The van der Waals surface area contributed by atoms with Crippen LogP contribution in [0.4, 0.5) is 0 Å². The Balaban J connectivity index is 1.97. The first-order valence-electron chi connectivity index (χ1n) is 7.26. The van der Waals surface area contributed by atoms with Gasteiger partial charge >= 0.3 is 0 Å². The van der Waals surface area contributed by atoms with Crippen LogP contribution in [0, 0.1) is 5.92 Å². The Labute approximate surface area is 101 Å². The minimum Gasteiger partial charge on any atom is -0.330 e. The van der Waals surface area contributed by atoms with Crippen LogP contribution in [0.25, 0.3) is 0 Å². The fraction of sp³-hybridized carbons (Fsp3) is 1.00. The van der Waals surface area contributed by atoms with Gasteiger partial charge in [0.1, 0.15) is 0 Å². The Morgan fingerprint density at radius 2 is 1.81 bits per heavy atom. The summed E-state index contributed by atoms with van der Waals surface area (Å²) in [7, 11) is 0. The van der Waals surface area contributed by atoms with Gasteiger partial charge in [0.05, 0.1) is 0 Å². The molecule has 0 bridgehead atoms. The zero-order valence-electron chi connectivity index (χ0n) is 11.0. The molecule has 0 saturated heterocycles. The molecule has 0 amide bonds. The van der Waals surface area contributed by atoms with Crippen molar-refractivity contribution in [1.29, 1.82) is 0 Å². The van der Waals surface area contributed by atoms with Crippen LogP contribution in [0.2, 0.25) is 0 Å². The molecule has 0 aromatic carbocycles. The first-order chi connectivity index (χ1) is 7.83. The molecule has 2 nitrogen and oxygen atoms in total. The van der Waals surface area contributed by atoms with Crippen molar-refractivity contribution in [3.8, 4) is 0 Å². The van der Waals surface area contributed by atoms with Crippen LogP contribution in [0.5, 0.6) is 0 Å². The fourth-order valence-corrected chi connectivity index (χ4v) is 2.67. The van der Waals surface area contributed by atoms with Gasteiger partial charge in [0.2, 0.25) is 0 Å². The van der Waals surface area contributed by atoms with Gasteiger partial charge in [-0.2, -0.15) is 0 Å². The summed E-state index contributed by atoms with van der Waals surface area (Å²) >= 11 is 0. The lowest BCUT2D eigenvalue weighted by molar-refractivity contribution is 0.422. The van der Waals surface area contributed by atoms with Crippen LogP contribution in [0.1, 0.15) is 64.7 Å². The van der Waals surface area contributed by atoms with E-state index >= 15 is 0 Å². The van der Waals surface area contributed by atoms with E-state index in [1.165, 1.54) is 64.3 Å². The molecule has 96 valence electrons. The van der Waals surface area contributed by atoms with Crippen molar-refractivity contribution < 1.29 is 0 Å². The predicted molar refractivity (Wildman–Crippen MR) is 71.6 cm³/mol. The first-order valence-corrected chi connectivity index (χ1v) is 7.26. The van der Waals surface area contributed by atoms with E-state index in [4.69, 9.17) is 5.73 Å². The summed E-state index contributed by atoms with van der Waals surface area (Å²) in [4.78, 5) is 0. The zero-order chi connectivity index (χ0) is 11.6. The first kappa shape index (κ1) is 14.0. The second kappa shape index (κ2) is 9.00. The molecule has 0 heterocycles. The van der Waals surface area contributed by atoms with E-state index < -0.39 is 0 Å². The van der Waals surface area contributed by atoms with Crippen LogP contribution >= 0.6 is 0 Å². The fourth-order valence-electron chi connectivity index (χ4n) is 2.67. The molecule has 1 aliphatic carbocycles. The normalized spacial score (nSPS) is 20.6. The third-order valence-electron chi connectivity index (χ3n) is 3.82. The number of nitrogens with one attached hydrogen (secondary N) is 1. The smallest absolute Gasteiger partial charge is 0.00670 e. The Hall–Kier alpha value is -0.0800. The van der Waals surface area contributed by atoms with E-state index in [-0.39, 0.29) is 0 Å². The van der Waals surface area contributed by atoms with E-state index in [1.54, 1.807) is 0 Å². The predicted octanol–water partition coefficient (Wildman–Crippen LogP) is 3.06. The SMILES string of the molecule is CC(CCN)CCCNC1CCCCCC1. The van der Waals surface area contributed by atoms with Gasteiger partial charge in [0, 0.05) is 6.04 Å². The lowest BCUT2D eigenvalue weighted by Crippen LogP contribution is -2.29. The maximum absolute atomic E-state index is 5.55. The average Bonchev–Trinajstić information content (AvgIpc) is 2.53. The van der Waals surface area contributed by atoms with Crippen molar-refractivity contribution in [2.24, 2.45) is 11.7 Å². The maximum atomic E-state index is 5.55. The highest BCUT2D eigenvalue weighted by molar-refractivity contribution is 4.70. The monoisotopic (exact) mass is 226 g/mol. The Morgan fingerprint density at radius 3 is 2.44 bits per heavy atom. The van der Waals surface area contributed by atoms with Gasteiger partial charge in [-0.3, -0.25) is 0 Å². The van der Waals surface area contributed by atoms with Crippen molar-refractivity contribution in [3.05, 3.63) is 0 Å². The molecule has 0 aliphatic heterocycles.